The first-order valence-electron chi connectivity index (χ1n) is 4.33. The summed E-state index contributed by atoms with van der Waals surface area (Å²) in [5, 5.41) is 9.00. The fourth-order valence-electron chi connectivity index (χ4n) is 1.32. The van der Waals surface area contributed by atoms with Crippen LogP contribution >= 0.6 is 0 Å². The largest absolute Gasteiger partial charge is 0.354 e. The Morgan fingerprint density at radius 1 is 1.14 bits per heavy atom. The van der Waals surface area contributed by atoms with Crippen LogP contribution in [0.3, 0.4) is 0 Å². The van der Waals surface area contributed by atoms with E-state index < -0.39 is 6.29 Å². The van der Waals surface area contributed by atoms with Gasteiger partial charge in [0.2, 0.25) is 0 Å². The summed E-state index contributed by atoms with van der Waals surface area (Å²) in [4.78, 5) is 0. The third-order valence-corrected chi connectivity index (χ3v) is 2.03. The van der Waals surface area contributed by atoms with Crippen molar-refractivity contribution in [2.75, 3.05) is 14.2 Å². The van der Waals surface area contributed by atoms with E-state index in [-0.39, 0.29) is 5.92 Å². The predicted octanol–water partition coefficient (Wildman–Crippen LogP) is 1.91. The summed E-state index contributed by atoms with van der Waals surface area (Å²) in [5.74, 6) is -0.383. The van der Waals surface area contributed by atoms with E-state index in [9.17, 15) is 0 Å². The predicted molar refractivity (Wildman–Crippen MR) is 52.6 cm³/mol. The van der Waals surface area contributed by atoms with Crippen LogP contribution in [0.15, 0.2) is 30.3 Å². The molecule has 0 unspecified atom stereocenters. The normalized spacial score (nSPS) is 12.4. The smallest absolute Gasteiger partial charge is 0.176 e. The first-order chi connectivity index (χ1) is 6.83. The van der Waals surface area contributed by atoms with Crippen LogP contribution < -0.4 is 0 Å². The molecule has 1 aromatic carbocycles. The second-order valence-corrected chi connectivity index (χ2v) is 2.86. The van der Waals surface area contributed by atoms with Crippen LogP contribution in [0, 0.1) is 11.3 Å². The lowest BCUT2D eigenvalue weighted by Crippen LogP contribution is -2.21. The maximum atomic E-state index is 9.00. The minimum atomic E-state index is -0.512. The number of methoxy groups -OCH3 is 2. The molecular formula is C11H13NO2. The zero-order valence-electron chi connectivity index (χ0n) is 8.31. The Bertz CT molecular complexity index is 301. The Morgan fingerprint density at radius 2 is 1.71 bits per heavy atom. The maximum absolute atomic E-state index is 9.00. The highest BCUT2D eigenvalue weighted by molar-refractivity contribution is 5.25. The average molecular weight is 191 g/mol. The van der Waals surface area contributed by atoms with Crippen molar-refractivity contribution in [3.8, 4) is 6.07 Å². The summed E-state index contributed by atoms with van der Waals surface area (Å²) in [6.45, 7) is 0. The Balaban J connectivity index is 2.88. The first kappa shape index (κ1) is 10.7. The summed E-state index contributed by atoms with van der Waals surface area (Å²) in [5.41, 5.74) is 0.906. The van der Waals surface area contributed by atoms with Gasteiger partial charge in [-0.05, 0) is 5.56 Å². The second-order valence-electron chi connectivity index (χ2n) is 2.86. The van der Waals surface area contributed by atoms with Crippen LogP contribution in [0.5, 0.6) is 0 Å². The molecule has 0 N–H and O–H groups in total. The molecule has 0 bridgehead atoms. The van der Waals surface area contributed by atoms with Crippen molar-refractivity contribution in [2.45, 2.75) is 12.2 Å². The summed E-state index contributed by atoms with van der Waals surface area (Å²) in [7, 11) is 3.06. The van der Waals surface area contributed by atoms with Crippen molar-refractivity contribution in [1.29, 1.82) is 5.26 Å². The van der Waals surface area contributed by atoms with Gasteiger partial charge in [-0.3, -0.25) is 0 Å². The van der Waals surface area contributed by atoms with Crippen molar-refractivity contribution < 1.29 is 9.47 Å². The number of rotatable bonds is 4. The zero-order chi connectivity index (χ0) is 10.4. The lowest BCUT2D eigenvalue weighted by molar-refractivity contribution is -0.108. The van der Waals surface area contributed by atoms with Gasteiger partial charge in [-0.25, -0.2) is 0 Å². The molecule has 0 fully saturated rings. The van der Waals surface area contributed by atoms with Gasteiger partial charge in [0.05, 0.1) is 6.07 Å². The summed E-state index contributed by atoms with van der Waals surface area (Å²) >= 11 is 0. The van der Waals surface area contributed by atoms with E-state index in [1.165, 1.54) is 14.2 Å². The van der Waals surface area contributed by atoms with Crippen molar-refractivity contribution >= 4 is 0 Å². The van der Waals surface area contributed by atoms with E-state index in [0.717, 1.165) is 5.56 Å². The van der Waals surface area contributed by atoms with Crippen LogP contribution in [0.4, 0.5) is 0 Å². The third kappa shape index (κ3) is 2.32. The monoisotopic (exact) mass is 191 g/mol. The van der Waals surface area contributed by atoms with Crippen LogP contribution in [0.2, 0.25) is 0 Å². The van der Waals surface area contributed by atoms with Crippen LogP contribution in [-0.2, 0) is 9.47 Å². The molecule has 1 rings (SSSR count). The van der Waals surface area contributed by atoms with E-state index in [0.29, 0.717) is 0 Å². The van der Waals surface area contributed by atoms with Crippen LogP contribution in [0.1, 0.15) is 11.5 Å². The molecule has 0 spiro atoms. The first-order valence-corrected chi connectivity index (χ1v) is 4.33. The molecule has 0 saturated heterocycles. The molecule has 0 aromatic heterocycles. The highest BCUT2D eigenvalue weighted by Gasteiger charge is 2.21. The molecule has 0 heterocycles. The second kappa shape index (κ2) is 5.38. The van der Waals surface area contributed by atoms with E-state index in [1.54, 1.807) is 0 Å². The molecule has 3 heteroatoms. The fraction of sp³-hybridized carbons (Fsp3) is 0.364. The van der Waals surface area contributed by atoms with Crippen LogP contribution in [-0.4, -0.2) is 20.5 Å². The highest BCUT2D eigenvalue weighted by Crippen LogP contribution is 2.20. The van der Waals surface area contributed by atoms with Gasteiger partial charge in [0, 0.05) is 14.2 Å². The van der Waals surface area contributed by atoms with Crippen molar-refractivity contribution in [3.63, 3.8) is 0 Å². The number of hydrogen-bond acceptors (Lipinski definition) is 3. The zero-order valence-corrected chi connectivity index (χ0v) is 8.31. The molecule has 0 aliphatic rings. The Hall–Kier alpha value is -1.37. The molecule has 0 aliphatic heterocycles. The molecule has 14 heavy (non-hydrogen) atoms. The average Bonchev–Trinajstić information content (AvgIpc) is 2.27. The quantitative estimate of drug-likeness (QED) is 0.683. The Labute approximate surface area is 83.9 Å². The highest BCUT2D eigenvalue weighted by atomic mass is 16.7. The number of ether oxygens (including phenoxy) is 2. The van der Waals surface area contributed by atoms with Gasteiger partial charge in [0.1, 0.15) is 5.92 Å². The topological polar surface area (TPSA) is 42.2 Å². The van der Waals surface area contributed by atoms with E-state index in [1.807, 2.05) is 30.3 Å². The van der Waals surface area contributed by atoms with E-state index in [4.69, 9.17) is 14.7 Å². The van der Waals surface area contributed by atoms with Crippen molar-refractivity contribution in [2.24, 2.45) is 0 Å². The number of benzene rings is 1. The maximum Gasteiger partial charge on any atom is 0.176 e. The van der Waals surface area contributed by atoms with Crippen molar-refractivity contribution in [3.05, 3.63) is 35.9 Å². The lowest BCUT2D eigenvalue weighted by atomic mass is 10.0. The van der Waals surface area contributed by atoms with Gasteiger partial charge in [-0.1, -0.05) is 30.3 Å². The minimum absolute atomic E-state index is 0.383. The van der Waals surface area contributed by atoms with Gasteiger partial charge in [0.25, 0.3) is 0 Å². The van der Waals surface area contributed by atoms with E-state index >= 15 is 0 Å². The lowest BCUT2D eigenvalue weighted by Gasteiger charge is -2.18. The standard InChI is InChI=1S/C11H13NO2/c1-13-11(14-2)10(8-12)9-6-4-3-5-7-9/h3-7,10-11H,1-2H3/t10-/m1/s1. The molecule has 74 valence electrons. The van der Waals surface area contributed by atoms with Gasteiger partial charge in [-0.15, -0.1) is 0 Å². The fourth-order valence-corrected chi connectivity index (χ4v) is 1.32. The van der Waals surface area contributed by atoms with Gasteiger partial charge in [0.15, 0.2) is 6.29 Å². The molecule has 0 aliphatic carbocycles. The molecule has 3 nitrogen and oxygen atoms in total. The SMILES string of the molecule is COC(OC)[C@H](C#N)c1ccccc1. The Morgan fingerprint density at radius 3 is 2.14 bits per heavy atom. The Kier molecular flexibility index (Phi) is 4.11. The third-order valence-electron chi connectivity index (χ3n) is 2.03. The van der Waals surface area contributed by atoms with Gasteiger partial charge < -0.3 is 9.47 Å². The van der Waals surface area contributed by atoms with Gasteiger partial charge >= 0.3 is 0 Å². The molecular weight excluding hydrogens is 178 g/mol. The van der Waals surface area contributed by atoms with Gasteiger partial charge in [-0.2, -0.15) is 5.26 Å². The minimum Gasteiger partial charge on any atom is -0.354 e. The van der Waals surface area contributed by atoms with Crippen LogP contribution in [0.25, 0.3) is 0 Å². The molecule has 0 amide bonds. The molecule has 1 atom stereocenters. The van der Waals surface area contributed by atoms with Crippen molar-refractivity contribution in [1.82, 2.24) is 0 Å². The molecule has 0 radical (unpaired) electrons. The summed E-state index contributed by atoms with van der Waals surface area (Å²) in [6.07, 6.45) is -0.512. The number of nitriles is 1. The number of hydrogen-bond donors (Lipinski definition) is 0. The summed E-state index contributed by atoms with van der Waals surface area (Å²) in [6, 6.07) is 11.6. The molecule has 0 saturated carbocycles. The molecule has 1 aromatic rings. The summed E-state index contributed by atoms with van der Waals surface area (Å²) < 4.78 is 10.1. The van der Waals surface area contributed by atoms with E-state index in [2.05, 4.69) is 6.07 Å². The number of nitrogens with zero attached hydrogens (tertiary/aromatic N) is 1.